The highest BCUT2D eigenvalue weighted by atomic mass is 16.5. The molecule has 0 aromatic carbocycles. The van der Waals surface area contributed by atoms with Gasteiger partial charge >= 0.3 is 0 Å². The van der Waals surface area contributed by atoms with Gasteiger partial charge in [-0.3, -0.25) is 0 Å². The van der Waals surface area contributed by atoms with E-state index in [1.54, 1.807) is 7.11 Å². The van der Waals surface area contributed by atoms with Crippen molar-refractivity contribution in [3.05, 3.63) is 0 Å². The summed E-state index contributed by atoms with van der Waals surface area (Å²) in [4.78, 5) is 0. The zero-order valence-electron chi connectivity index (χ0n) is 8.35. The van der Waals surface area contributed by atoms with Crippen LogP contribution in [0, 0.1) is 5.92 Å². The van der Waals surface area contributed by atoms with Crippen LogP contribution in [0.3, 0.4) is 0 Å². The smallest absolute Gasteiger partial charge is 0.0558 e. The molecule has 0 rings (SSSR count). The first kappa shape index (κ1) is 10.9. The SMILES string of the molecule is CNC(CC(C)OC)C(C)C. The first-order chi connectivity index (χ1) is 5.11. The second-order valence-corrected chi connectivity index (χ2v) is 3.42. The van der Waals surface area contributed by atoms with E-state index in [2.05, 4.69) is 26.1 Å². The number of hydrogen-bond acceptors (Lipinski definition) is 2. The summed E-state index contributed by atoms with van der Waals surface area (Å²) in [6.45, 7) is 6.56. The first-order valence-corrected chi connectivity index (χ1v) is 4.31. The van der Waals surface area contributed by atoms with Crippen LogP contribution in [0.25, 0.3) is 0 Å². The van der Waals surface area contributed by atoms with Gasteiger partial charge in [0, 0.05) is 13.2 Å². The maximum absolute atomic E-state index is 5.19. The van der Waals surface area contributed by atoms with E-state index in [4.69, 9.17) is 4.74 Å². The summed E-state index contributed by atoms with van der Waals surface area (Å²) in [7, 11) is 3.77. The number of methoxy groups -OCH3 is 1. The molecule has 68 valence electrons. The molecule has 0 spiro atoms. The third kappa shape index (κ3) is 4.38. The van der Waals surface area contributed by atoms with Crippen molar-refractivity contribution in [2.45, 2.75) is 39.3 Å². The van der Waals surface area contributed by atoms with Crippen molar-refractivity contribution >= 4 is 0 Å². The van der Waals surface area contributed by atoms with Crippen LogP contribution in [0.5, 0.6) is 0 Å². The van der Waals surface area contributed by atoms with E-state index < -0.39 is 0 Å². The second kappa shape index (κ2) is 5.56. The van der Waals surface area contributed by atoms with E-state index in [1.165, 1.54) is 0 Å². The van der Waals surface area contributed by atoms with Gasteiger partial charge in [-0.05, 0) is 26.3 Å². The van der Waals surface area contributed by atoms with E-state index in [0.29, 0.717) is 18.1 Å². The van der Waals surface area contributed by atoms with Gasteiger partial charge in [-0.15, -0.1) is 0 Å². The molecule has 0 aliphatic carbocycles. The van der Waals surface area contributed by atoms with Gasteiger partial charge in [-0.1, -0.05) is 13.8 Å². The van der Waals surface area contributed by atoms with Gasteiger partial charge in [-0.2, -0.15) is 0 Å². The van der Waals surface area contributed by atoms with Gasteiger partial charge in [0.15, 0.2) is 0 Å². The fourth-order valence-corrected chi connectivity index (χ4v) is 1.18. The highest BCUT2D eigenvalue weighted by Gasteiger charge is 2.13. The molecule has 2 heteroatoms. The van der Waals surface area contributed by atoms with Crippen LogP contribution in [0.15, 0.2) is 0 Å². The van der Waals surface area contributed by atoms with Gasteiger partial charge in [-0.25, -0.2) is 0 Å². The zero-order chi connectivity index (χ0) is 8.85. The fourth-order valence-electron chi connectivity index (χ4n) is 1.18. The minimum absolute atomic E-state index is 0.356. The fraction of sp³-hybridized carbons (Fsp3) is 1.00. The summed E-state index contributed by atoms with van der Waals surface area (Å²) in [5.41, 5.74) is 0. The molecule has 11 heavy (non-hydrogen) atoms. The Kier molecular flexibility index (Phi) is 5.51. The monoisotopic (exact) mass is 159 g/mol. The second-order valence-electron chi connectivity index (χ2n) is 3.42. The van der Waals surface area contributed by atoms with Crippen molar-refractivity contribution in [2.75, 3.05) is 14.2 Å². The lowest BCUT2D eigenvalue weighted by Crippen LogP contribution is -2.34. The van der Waals surface area contributed by atoms with Gasteiger partial charge < -0.3 is 10.1 Å². The van der Waals surface area contributed by atoms with Gasteiger partial charge in [0.25, 0.3) is 0 Å². The molecule has 0 aliphatic rings. The van der Waals surface area contributed by atoms with Crippen molar-refractivity contribution < 1.29 is 4.74 Å². The topological polar surface area (TPSA) is 21.3 Å². The molecule has 2 nitrogen and oxygen atoms in total. The summed E-state index contributed by atoms with van der Waals surface area (Å²) in [5.74, 6) is 0.678. The molecule has 0 saturated heterocycles. The highest BCUT2D eigenvalue weighted by molar-refractivity contribution is 4.71. The predicted octanol–water partition coefficient (Wildman–Crippen LogP) is 1.66. The summed E-state index contributed by atoms with van der Waals surface area (Å²) in [5, 5.41) is 3.29. The highest BCUT2D eigenvalue weighted by Crippen LogP contribution is 2.09. The van der Waals surface area contributed by atoms with Crippen molar-refractivity contribution in [2.24, 2.45) is 5.92 Å². The van der Waals surface area contributed by atoms with Crippen molar-refractivity contribution in [3.63, 3.8) is 0 Å². The minimum atomic E-state index is 0.356. The normalized spacial score (nSPS) is 16.9. The molecule has 0 bridgehead atoms. The van der Waals surface area contributed by atoms with Crippen LogP contribution < -0.4 is 5.32 Å². The molecule has 0 aliphatic heterocycles. The minimum Gasteiger partial charge on any atom is -0.382 e. The van der Waals surface area contributed by atoms with Crippen LogP contribution in [-0.2, 0) is 4.74 Å². The van der Waals surface area contributed by atoms with Crippen LogP contribution in [-0.4, -0.2) is 26.3 Å². The van der Waals surface area contributed by atoms with E-state index >= 15 is 0 Å². The lowest BCUT2D eigenvalue weighted by Gasteiger charge is -2.22. The lowest BCUT2D eigenvalue weighted by molar-refractivity contribution is 0.0955. The molecule has 2 atom stereocenters. The third-order valence-corrected chi connectivity index (χ3v) is 2.16. The van der Waals surface area contributed by atoms with Crippen molar-refractivity contribution in [1.82, 2.24) is 5.32 Å². The summed E-state index contributed by atoms with van der Waals surface area (Å²) >= 11 is 0. The summed E-state index contributed by atoms with van der Waals surface area (Å²) in [6, 6.07) is 0.574. The van der Waals surface area contributed by atoms with Gasteiger partial charge in [0.2, 0.25) is 0 Å². The summed E-state index contributed by atoms with van der Waals surface area (Å²) in [6.07, 6.45) is 1.44. The first-order valence-electron chi connectivity index (χ1n) is 4.31. The number of ether oxygens (including phenoxy) is 1. The Labute approximate surface area is 70.3 Å². The van der Waals surface area contributed by atoms with Crippen molar-refractivity contribution in [1.29, 1.82) is 0 Å². The zero-order valence-corrected chi connectivity index (χ0v) is 8.35. The average Bonchev–Trinajstić information content (AvgIpc) is 1.99. The molecule has 1 N–H and O–H groups in total. The molecule has 0 amide bonds. The van der Waals surface area contributed by atoms with Gasteiger partial charge in [0.1, 0.15) is 0 Å². The molecular weight excluding hydrogens is 138 g/mol. The number of nitrogens with one attached hydrogen (secondary N) is 1. The Hall–Kier alpha value is -0.0800. The third-order valence-electron chi connectivity index (χ3n) is 2.16. The predicted molar refractivity (Wildman–Crippen MR) is 48.8 cm³/mol. The largest absolute Gasteiger partial charge is 0.382 e. The molecular formula is C9H21NO. The van der Waals surface area contributed by atoms with Crippen LogP contribution in [0.2, 0.25) is 0 Å². The lowest BCUT2D eigenvalue weighted by atomic mass is 9.99. The quantitative estimate of drug-likeness (QED) is 0.658. The van der Waals surface area contributed by atoms with Crippen LogP contribution >= 0.6 is 0 Å². The Bertz CT molecular complexity index is 93.6. The maximum Gasteiger partial charge on any atom is 0.0558 e. The Morgan fingerprint density at radius 2 is 1.82 bits per heavy atom. The molecule has 0 saturated carbocycles. The molecule has 0 aromatic rings. The van der Waals surface area contributed by atoms with E-state index in [0.717, 1.165) is 6.42 Å². The van der Waals surface area contributed by atoms with Crippen LogP contribution in [0.4, 0.5) is 0 Å². The average molecular weight is 159 g/mol. The molecule has 0 aromatic heterocycles. The van der Waals surface area contributed by atoms with E-state index in [-0.39, 0.29) is 0 Å². The van der Waals surface area contributed by atoms with E-state index in [9.17, 15) is 0 Å². The van der Waals surface area contributed by atoms with E-state index in [1.807, 2.05) is 7.05 Å². The molecule has 2 unspecified atom stereocenters. The number of rotatable bonds is 5. The summed E-state index contributed by atoms with van der Waals surface area (Å²) < 4.78 is 5.19. The van der Waals surface area contributed by atoms with Crippen molar-refractivity contribution in [3.8, 4) is 0 Å². The Morgan fingerprint density at radius 3 is 2.09 bits per heavy atom. The molecule has 0 fully saturated rings. The van der Waals surface area contributed by atoms with Crippen LogP contribution in [0.1, 0.15) is 27.2 Å². The Balaban J connectivity index is 3.68. The number of hydrogen-bond donors (Lipinski definition) is 1. The molecule has 0 radical (unpaired) electrons. The maximum atomic E-state index is 5.19. The van der Waals surface area contributed by atoms with Gasteiger partial charge in [0.05, 0.1) is 6.10 Å². The standard InChI is InChI=1S/C9H21NO/c1-7(2)9(10-4)6-8(3)11-5/h7-10H,6H2,1-5H3. The molecule has 0 heterocycles. The Morgan fingerprint density at radius 1 is 1.27 bits per heavy atom.